The van der Waals surface area contributed by atoms with Gasteiger partial charge in [0.25, 0.3) is 5.91 Å². The highest BCUT2D eigenvalue weighted by Gasteiger charge is 2.37. The van der Waals surface area contributed by atoms with Crippen molar-refractivity contribution in [2.75, 3.05) is 26.2 Å². The van der Waals surface area contributed by atoms with Gasteiger partial charge in [-0.1, -0.05) is 65.9 Å². The van der Waals surface area contributed by atoms with Gasteiger partial charge in [0, 0.05) is 38.3 Å². The Hall–Kier alpha value is -2.08. The lowest BCUT2D eigenvalue weighted by atomic mass is 9.94. The van der Waals surface area contributed by atoms with Crippen LogP contribution in [0.3, 0.4) is 0 Å². The molecule has 2 aliphatic rings. The molecule has 1 atom stereocenters. The van der Waals surface area contributed by atoms with Crippen molar-refractivity contribution in [3.8, 4) is 0 Å². The van der Waals surface area contributed by atoms with E-state index in [1.165, 1.54) is 18.4 Å². The topological polar surface area (TPSA) is 52.7 Å². The molecule has 0 aromatic heterocycles. The summed E-state index contributed by atoms with van der Waals surface area (Å²) in [6.07, 6.45) is 4.54. The zero-order valence-corrected chi connectivity index (χ0v) is 20.5. The van der Waals surface area contributed by atoms with Crippen molar-refractivity contribution in [3.63, 3.8) is 0 Å². The quantitative estimate of drug-likeness (QED) is 0.627. The number of carbonyl (C=O) groups is 2. The molecule has 1 heterocycles. The minimum absolute atomic E-state index is 0.0467. The zero-order valence-electron chi connectivity index (χ0n) is 19.0. The van der Waals surface area contributed by atoms with E-state index >= 15 is 0 Å². The van der Waals surface area contributed by atoms with Gasteiger partial charge in [-0.25, -0.2) is 0 Å². The summed E-state index contributed by atoms with van der Waals surface area (Å²) in [5.74, 6) is 0.432. The lowest BCUT2D eigenvalue weighted by Gasteiger charge is -2.40. The predicted octanol–water partition coefficient (Wildman–Crippen LogP) is 4.93. The lowest BCUT2D eigenvalue weighted by molar-refractivity contribution is -0.129. The van der Waals surface area contributed by atoms with E-state index in [1.54, 1.807) is 18.2 Å². The fourth-order valence-corrected chi connectivity index (χ4v) is 5.38. The smallest absolute Gasteiger partial charge is 0.253 e. The second-order valence-electron chi connectivity index (χ2n) is 9.15. The Kier molecular flexibility index (Phi) is 7.94. The van der Waals surface area contributed by atoms with Crippen LogP contribution in [-0.4, -0.2) is 53.8 Å². The van der Waals surface area contributed by atoms with E-state index in [4.69, 9.17) is 23.2 Å². The van der Waals surface area contributed by atoms with E-state index in [9.17, 15) is 9.59 Å². The molecule has 2 amide bonds. The molecule has 1 aliphatic carbocycles. The monoisotopic (exact) mass is 487 g/mol. The maximum absolute atomic E-state index is 13.3. The van der Waals surface area contributed by atoms with E-state index in [2.05, 4.69) is 29.3 Å². The van der Waals surface area contributed by atoms with Crippen LogP contribution in [0, 0.1) is 12.8 Å². The molecule has 0 radical (unpaired) electrons. The Morgan fingerprint density at radius 1 is 1.00 bits per heavy atom. The molecule has 1 saturated heterocycles. The van der Waals surface area contributed by atoms with Gasteiger partial charge in [-0.15, -0.1) is 0 Å². The number of carbonyl (C=O) groups excluding carboxylic acids is 2. The van der Waals surface area contributed by atoms with Crippen LogP contribution in [0.15, 0.2) is 42.5 Å². The summed E-state index contributed by atoms with van der Waals surface area (Å²) >= 11 is 12.1. The fourth-order valence-electron chi connectivity index (χ4n) is 5.08. The summed E-state index contributed by atoms with van der Waals surface area (Å²) in [6, 6.07) is 13.1. The van der Waals surface area contributed by atoms with Crippen LogP contribution >= 0.6 is 23.2 Å². The lowest BCUT2D eigenvalue weighted by Crippen LogP contribution is -2.57. The molecule has 1 saturated carbocycles. The molecule has 0 bridgehead atoms. The first kappa shape index (κ1) is 24.1. The number of hydrogen-bond donors (Lipinski definition) is 1. The van der Waals surface area contributed by atoms with Crippen LogP contribution in [0.25, 0.3) is 0 Å². The Labute approximate surface area is 206 Å². The largest absolute Gasteiger partial charge is 0.351 e. The zero-order chi connectivity index (χ0) is 23.4. The molecule has 0 unspecified atom stereocenters. The van der Waals surface area contributed by atoms with Crippen LogP contribution in [0.4, 0.5) is 0 Å². The van der Waals surface area contributed by atoms with Gasteiger partial charge in [0.1, 0.15) is 0 Å². The van der Waals surface area contributed by atoms with Crippen molar-refractivity contribution in [2.24, 2.45) is 5.92 Å². The molecule has 7 heteroatoms. The summed E-state index contributed by atoms with van der Waals surface area (Å²) in [4.78, 5) is 30.4. The van der Waals surface area contributed by atoms with Crippen LogP contribution < -0.4 is 5.32 Å². The molecule has 4 rings (SSSR count). The second kappa shape index (κ2) is 10.9. The summed E-state index contributed by atoms with van der Waals surface area (Å²) in [7, 11) is 0. The maximum Gasteiger partial charge on any atom is 0.253 e. The number of aryl methyl sites for hydroxylation is 1. The third kappa shape index (κ3) is 5.89. The number of nitrogens with zero attached hydrogens (tertiary/aromatic N) is 2. The molecule has 1 N–H and O–H groups in total. The number of rotatable bonds is 6. The van der Waals surface area contributed by atoms with Gasteiger partial charge < -0.3 is 10.2 Å². The van der Waals surface area contributed by atoms with Crippen LogP contribution in [0.2, 0.25) is 10.0 Å². The number of halogens is 2. The SMILES string of the molecule is Cc1cccc(CNC(=O)[C@@H](C2CCCC2)N2CCN(C(=O)c3ccc(Cl)c(Cl)c3)CC2)c1. The summed E-state index contributed by atoms with van der Waals surface area (Å²) in [5, 5.41) is 4.00. The van der Waals surface area contributed by atoms with Gasteiger partial charge in [-0.2, -0.15) is 0 Å². The Morgan fingerprint density at radius 3 is 2.39 bits per heavy atom. The average molecular weight is 488 g/mol. The molecule has 2 aromatic rings. The summed E-state index contributed by atoms with van der Waals surface area (Å²) in [6.45, 7) is 5.16. The second-order valence-corrected chi connectivity index (χ2v) is 9.97. The summed E-state index contributed by atoms with van der Waals surface area (Å²) in [5.41, 5.74) is 2.85. The van der Waals surface area contributed by atoms with E-state index in [-0.39, 0.29) is 17.9 Å². The van der Waals surface area contributed by atoms with Crippen molar-refractivity contribution < 1.29 is 9.59 Å². The number of hydrogen-bond acceptors (Lipinski definition) is 3. The number of benzene rings is 2. The van der Waals surface area contributed by atoms with Crippen LogP contribution in [0.1, 0.15) is 47.2 Å². The normalized spacial score (nSPS) is 18.3. The van der Waals surface area contributed by atoms with E-state index in [0.717, 1.165) is 18.4 Å². The number of amides is 2. The van der Waals surface area contributed by atoms with E-state index in [0.29, 0.717) is 54.3 Å². The molecule has 2 fully saturated rings. The van der Waals surface area contributed by atoms with Crippen molar-refractivity contribution in [1.29, 1.82) is 0 Å². The standard InChI is InChI=1S/C26H31Cl2N3O2/c1-18-5-4-6-19(15-18)17-29-25(32)24(20-7-2-3-8-20)30-11-13-31(14-12-30)26(33)21-9-10-22(27)23(28)16-21/h4-6,9-10,15-16,20,24H,2-3,7-8,11-14,17H2,1H3,(H,29,32)/t24-/m1/s1. The first-order valence-corrected chi connectivity index (χ1v) is 12.5. The van der Waals surface area contributed by atoms with Gasteiger partial charge in [-0.05, 0) is 49.4 Å². The van der Waals surface area contributed by atoms with Crippen molar-refractivity contribution in [2.45, 2.75) is 45.2 Å². The third-order valence-electron chi connectivity index (χ3n) is 6.83. The van der Waals surface area contributed by atoms with Gasteiger partial charge in [0.15, 0.2) is 0 Å². The maximum atomic E-state index is 13.3. The van der Waals surface area contributed by atoms with E-state index in [1.807, 2.05) is 17.0 Å². The minimum Gasteiger partial charge on any atom is -0.351 e. The van der Waals surface area contributed by atoms with Gasteiger partial charge in [-0.3, -0.25) is 14.5 Å². The first-order valence-electron chi connectivity index (χ1n) is 11.7. The highest BCUT2D eigenvalue weighted by molar-refractivity contribution is 6.42. The molecule has 176 valence electrons. The van der Waals surface area contributed by atoms with Gasteiger partial charge in [0.2, 0.25) is 5.91 Å². The van der Waals surface area contributed by atoms with Crippen molar-refractivity contribution >= 4 is 35.0 Å². The van der Waals surface area contributed by atoms with Crippen molar-refractivity contribution in [3.05, 3.63) is 69.2 Å². The Bertz CT molecular complexity index is 999. The van der Waals surface area contributed by atoms with Gasteiger partial charge in [0.05, 0.1) is 16.1 Å². The average Bonchev–Trinajstić information content (AvgIpc) is 3.34. The Morgan fingerprint density at radius 2 is 1.73 bits per heavy atom. The first-order chi connectivity index (χ1) is 15.9. The summed E-state index contributed by atoms with van der Waals surface area (Å²) < 4.78 is 0. The number of piperazine rings is 1. The molecule has 0 spiro atoms. The molecular formula is C26H31Cl2N3O2. The predicted molar refractivity (Wildman–Crippen MR) is 133 cm³/mol. The number of nitrogens with one attached hydrogen (secondary N) is 1. The minimum atomic E-state index is -0.139. The molecule has 5 nitrogen and oxygen atoms in total. The van der Waals surface area contributed by atoms with Crippen molar-refractivity contribution in [1.82, 2.24) is 15.1 Å². The van der Waals surface area contributed by atoms with Crippen LogP contribution in [-0.2, 0) is 11.3 Å². The molecule has 2 aromatic carbocycles. The highest BCUT2D eigenvalue weighted by Crippen LogP contribution is 2.31. The van der Waals surface area contributed by atoms with Gasteiger partial charge >= 0.3 is 0 Å². The Balaban J connectivity index is 1.39. The molecule has 1 aliphatic heterocycles. The third-order valence-corrected chi connectivity index (χ3v) is 7.56. The highest BCUT2D eigenvalue weighted by atomic mass is 35.5. The molecular weight excluding hydrogens is 457 g/mol. The molecule has 33 heavy (non-hydrogen) atoms. The van der Waals surface area contributed by atoms with E-state index < -0.39 is 0 Å². The van der Waals surface area contributed by atoms with Crippen LogP contribution in [0.5, 0.6) is 0 Å². The fraction of sp³-hybridized carbons (Fsp3) is 0.462.